The fourth-order valence-corrected chi connectivity index (χ4v) is 2.59. The minimum atomic E-state index is -0.221. The van der Waals surface area contributed by atoms with E-state index in [0.717, 1.165) is 21.6 Å². The molecule has 0 aliphatic rings. The Labute approximate surface area is 120 Å². The molecule has 1 aromatic heterocycles. The molecule has 1 atom stereocenters. The number of hydrogen-bond donors (Lipinski definition) is 1. The first-order valence-corrected chi connectivity index (χ1v) is 6.94. The van der Waals surface area contributed by atoms with Crippen molar-refractivity contribution in [1.82, 2.24) is 0 Å². The topological polar surface area (TPSA) is 39.2 Å². The summed E-state index contributed by atoms with van der Waals surface area (Å²) in [4.78, 5) is 0. The highest BCUT2D eigenvalue weighted by atomic mass is 79.9. The van der Waals surface area contributed by atoms with E-state index < -0.39 is 0 Å². The summed E-state index contributed by atoms with van der Waals surface area (Å²) in [6, 6.07) is 16.1. The van der Waals surface area contributed by atoms with Gasteiger partial charge in [-0.2, -0.15) is 0 Å². The summed E-state index contributed by atoms with van der Waals surface area (Å²) >= 11 is 3.48. The van der Waals surface area contributed by atoms with Crippen molar-refractivity contribution < 1.29 is 4.42 Å². The fraction of sp³-hybridized carbons (Fsp3) is 0.125. The van der Waals surface area contributed by atoms with Crippen molar-refractivity contribution in [2.75, 3.05) is 0 Å². The van der Waals surface area contributed by atoms with Crippen LogP contribution < -0.4 is 5.73 Å². The molecule has 19 heavy (non-hydrogen) atoms. The van der Waals surface area contributed by atoms with Gasteiger partial charge >= 0.3 is 0 Å². The van der Waals surface area contributed by atoms with Crippen molar-refractivity contribution in [1.29, 1.82) is 0 Å². The van der Waals surface area contributed by atoms with Crippen LogP contribution in [0.25, 0.3) is 10.8 Å². The Morgan fingerprint density at radius 2 is 1.74 bits per heavy atom. The van der Waals surface area contributed by atoms with E-state index in [1.54, 1.807) is 0 Å². The zero-order valence-corrected chi connectivity index (χ0v) is 12.1. The third-order valence-electron chi connectivity index (χ3n) is 3.25. The van der Waals surface area contributed by atoms with Crippen molar-refractivity contribution in [3.63, 3.8) is 0 Å². The highest BCUT2D eigenvalue weighted by molar-refractivity contribution is 9.10. The van der Waals surface area contributed by atoms with Gasteiger partial charge in [-0.3, -0.25) is 0 Å². The van der Waals surface area contributed by atoms with Gasteiger partial charge < -0.3 is 10.2 Å². The van der Waals surface area contributed by atoms with Crippen LogP contribution in [0.15, 0.2) is 57.4 Å². The Balaban J connectivity index is 2.03. The van der Waals surface area contributed by atoms with Crippen LogP contribution >= 0.6 is 15.9 Å². The molecule has 0 spiro atoms. The molecule has 0 aliphatic heterocycles. The minimum absolute atomic E-state index is 0.221. The molecule has 2 N–H and O–H groups in total. The van der Waals surface area contributed by atoms with Crippen LogP contribution in [0, 0.1) is 6.92 Å². The maximum Gasteiger partial charge on any atom is 0.125 e. The maximum atomic E-state index is 6.25. The lowest BCUT2D eigenvalue weighted by atomic mass is 10.0. The SMILES string of the molecule is Cc1ccc(C(N)c2ccc3cc(Br)ccc3c2)o1. The van der Waals surface area contributed by atoms with Crippen molar-refractivity contribution in [3.05, 3.63) is 70.1 Å². The Hall–Kier alpha value is -1.58. The molecule has 3 rings (SSSR count). The molecule has 0 saturated carbocycles. The van der Waals surface area contributed by atoms with Crippen molar-refractivity contribution in [3.8, 4) is 0 Å². The average molecular weight is 316 g/mol. The third-order valence-corrected chi connectivity index (χ3v) is 3.75. The summed E-state index contributed by atoms with van der Waals surface area (Å²) in [7, 11) is 0. The Kier molecular flexibility index (Phi) is 3.17. The molecule has 0 saturated heterocycles. The molecule has 0 fully saturated rings. The zero-order chi connectivity index (χ0) is 13.4. The molecular formula is C16H14BrNO. The molecule has 0 bridgehead atoms. The van der Waals surface area contributed by atoms with Gasteiger partial charge in [-0.15, -0.1) is 0 Å². The lowest BCUT2D eigenvalue weighted by molar-refractivity contribution is 0.466. The van der Waals surface area contributed by atoms with Crippen LogP contribution in [0.4, 0.5) is 0 Å². The van der Waals surface area contributed by atoms with E-state index in [0.29, 0.717) is 0 Å². The van der Waals surface area contributed by atoms with E-state index in [4.69, 9.17) is 10.2 Å². The van der Waals surface area contributed by atoms with E-state index in [-0.39, 0.29) is 6.04 Å². The first-order valence-electron chi connectivity index (χ1n) is 6.14. The van der Waals surface area contributed by atoms with Crippen molar-refractivity contribution in [2.45, 2.75) is 13.0 Å². The van der Waals surface area contributed by atoms with E-state index in [9.17, 15) is 0 Å². The minimum Gasteiger partial charge on any atom is -0.464 e. The zero-order valence-electron chi connectivity index (χ0n) is 10.6. The molecule has 0 aliphatic carbocycles. The highest BCUT2D eigenvalue weighted by Crippen LogP contribution is 2.26. The Morgan fingerprint density at radius 3 is 2.47 bits per heavy atom. The summed E-state index contributed by atoms with van der Waals surface area (Å²) in [5.74, 6) is 1.68. The van der Waals surface area contributed by atoms with Crippen LogP contribution in [0.3, 0.4) is 0 Å². The number of furan rings is 1. The van der Waals surface area contributed by atoms with Crippen molar-refractivity contribution >= 4 is 26.7 Å². The van der Waals surface area contributed by atoms with Gasteiger partial charge in [-0.05, 0) is 53.6 Å². The largest absolute Gasteiger partial charge is 0.464 e. The van der Waals surface area contributed by atoms with Gasteiger partial charge in [0.15, 0.2) is 0 Å². The van der Waals surface area contributed by atoms with E-state index >= 15 is 0 Å². The molecule has 0 amide bonds. The summed E-state index contributed by atoms with van der Waals surface area (Å²) < 4.78 is 6.68. The number of hydrogen-bond acceptors (Lipinski definition) is 2. The summed E-state index contributed by atoms with van der Waals surface area (Å²) in [5.41, 5.74) is 7.31. The molecule has 0 radical (unpaired) electrons. The molecule has 2 nitrogen and oxygen atoms in total. The Morgan fingerprint density at radius 1 is 1.00 bits per heavy atom. The van der Waals surface area contributed by atoms with Crippen LogP contribution in [0.1, 0.15) is 23.1 Å². The lowest BCUT2D eigenvalue weighted by Crippen LogP contribution is -2.10. The summed E-state index contributed by atoms with van der Waals surface area (Å²) in [5, 5.41) is 2.38. The molecule has 3 heteroatoms. The third kappa shape index (κ3) is 2.44. The van der Waals surface area contributed by atoms with Gasteiger partial charge in [0.1, 0.15) is 11.5 Å². The monoisotopic (exact) mass is 315 g/mol. The van der Waals surface area contributed by atoms with E-state index in [2.05, 4.69) is 46.3 Å². The molecule has 1 heterocycles. The van der Waals surface area contributed by atoms with Gasteiger partial charge in [0, 0.05) is 4.47 Å². The second-order valence-corrected chi connectivity index (χ2v) is 5.59. The molecule has 1 unspecified atom stereocenters. The molecular weight excluding hydrogens is 302 g/mol. The van der Waals surface area contributed by atoms with Gasteiger partial charge in [-0.25, -0.2) is 0 Å². The number of aryl methyl sites for hydroxylation is 1. The average Bonchev–Trinajstić information content (AvgIpc) is 2.84. The maximum absolute atomic E-state index is 6.25. The van der Waals surface area contributed by atoms with E-state index in [1.807, 2.05) is 25.1 Å². The van der Waals surface area contributed by atoms with Crippen molar-refractivity contribution in [2.24, 2.45) is 5.73 Å². The number of benzene rings is 2. The van der Waals surface area contributed by atoms with Crippen LogP contribution in [-0.2, 0) is 0 Å². The summed E-state index contributed by atoms with van der Waals surface area (Å²) in [6.45, 7) is 1.92. The molecule has 96 valence electrons. The first kappa shape index (κ1) is 12.5. The second-order valence-electron chi connectivity index (χ2n) is 4.68. The van der Waals surface area contributed by atoms with E-state index in [1.165, 1.54) is 10.8 Å². The van der Waals surface area contributed by atoms with Gasteiger partial charge in [0.25, 0.3) is 0 Å². The number of nitrogens with two attached hydrogens (primary N) is 1. The predicted octanol–water partition coefficient (Wildman–Crippen LogP) is 4.55. The van der Waals surface area contributed by atoms with Crippen LogP contribution in [-0.4, -0.2) is 0 Å². The van der Waals surface area contributed by atoms with Crippen LogP contribution in [0.5, 0.6) is 0 Å². The quantitative estimate of drug-likeness (QED) is 0.753. The predicted molar refractivity (Wildman–Crippen MR) is 81.1 cm³/mol. The lowest BCUT2D eigenvalue weighted by Gasteiger charge is -2.10. The van der Waals surface area contributed by atoms with Gasteiger partial charge in [0.05, 0.1) is 6.04 Å². The Bertz CT molecular complexity index is 732. The number of halogens is 1. The van der Waals surface area contributed by atoms with Crippen LogP contribution in [0.2, 0.25) is 0 Å². The number of fused-ring (bicyclic) bond motifs is 1. The first-order chi connectivity index (χ1) is 9.13. The van der Waals surface area contributed by atoms with Gasteiger partial charge in [0.2, 0.25) is 0 Å². The normalized spacial score (nSPS) is 12.8. The smallest absolute Gasteiger partial charge is 0.125 e. The fourth-order valence-electron chi connectivity index (χ4n) is 2.21. The number of rotatable bonds is 2. The summed E-state index contributed by atoms with van der Waals surface area (Å²) in [6.07, 6.45) is 0. The second kappa shape index (κ2) is 4.83. The molecule has 2 aromatic carbocycles. The highest BCUT2D eigenvalue weighted by Gasteiger charge is 2.12. The standard InChI is InChI=1S/C16H14BrNO/c1-10-2-7-15(19-10)16(18)13-4-3-12-9-14(17)6-5-11(12)8-13/h2-9,16H,18H2,1H3. The molecule has 3 aromatic rings. The van der Waals surface area contributed by atoms with Gasteiger partial charge in [-0.1, -0.05) is 34.1 Å².